The molecule has 0 amide bonds. The summed E-state index contributed by atoms with van der Waals surface area (Å²) in [5.41, 5.74) is -16.2. The first kappa shape index (κ1) is 22.0. The van der Waals surface area contributed by atoms with Gasteiger partial charge >= 0.3 is 16.6 Å². The molecule has 0 fully saturated rings. The Morgan fingerprint density at radius 3 is 1.86 bits per heavy atom. The van der Waals surface area contributed by atoms with Gasteiger partial charge in [0, 0.05) is 6.42 Å². The summed E-state index contributed by atoms with van der Waals surface area (Å²) < 4.78 is 123. The number of rotatable bonds is 4. The molecule has 0 aliphatic heterocycles. The van der Waals surface area contributed by atoms with Crippen LogP contribution in [-0.4, -0.2) is 37.5 Å². The van der Waals surface area contributed by atoms with Gasteiger partial charge in [-0.25, -0.2) is 21.6 Å². The first-order valence-corrected chi connectivity index (χ1v) is 9.95. The second-order valence-corrected chi connectivity index (χ2v) is 9.87. The number of hydrogen-bond acceptors (Lipinski definition) is 7. The predicted molar refractivity (Wildman–Crippen MR) is 81.6 cm³/mol. The van der Waals surface area contributed by atoms with E-state index in [9.17, 15) is 53.1 Å². The molecule has 2 aromatic rings. The van der Waals surface area contributed by atoms with Gasteiger partial charge in [-0.1, -0.05) is 12.1 Å². The van der Waals surface area contributed by atoms with E-state index >= 15 is 0 Å². The zero-order valence-electron chi connectivity index (χ0n) is 13.1. The molecule has 156 valence electrons. The quantitative estimate of drug-likeness (QED) is 0.556. The summed E-state index contributed by atoms with van der Waals surface area (Å²) >= 11 is 0. The molecule has 15 heteroatoms. The van der Waals surface area contributed by atoms with Crippen molar-refractivity contribution in [1.29, 1.82) is 0 Å². The van der Waals surface area contributed by atoms with Gasteiger partial charge in [-0.05, 0) is 12.1 Å². The van der Waals surface area contributed by atoms with Crippen LogP contribution >= 0.6 is 0 Å². The molecule has 0 saturated heterocycles. The third kappa shape index (κ3) is 3.55. The molecule has 1 heterocycles. The van der Waals surface area contributed by atoms with Gasteiger partial charge in [-0.2, -0.15) is 26.3 Å². The Balaban J connectivity index is 2.79. The van der Waals surface area contributed by atoms with E-state index in [2.05, 4.69) is 4.42 Å². The van der Waals surface area contributed by atoms with Crippen molar-refractivity contribution in [2.75, 3.05) is 0 Å². The highest BCUT2D eigenvalue weighted by Crippen LogP contribution is 2.39. The van der Waals surface area contributed by atoms with Crippen LogP contribution in [0.1, 0.15) is 5.56 Å². The van der Waals surface area contributed by atoms with E-state index < -0.39 is 58.6 Å². The summed E-state index contributed by atoms with van der Waals surface area (Å²) in [5.74, 6) is -1.20. The highest BCUT2D eigenvalue weighted by atomic mass is 32.3. The van der Waals surface area contributed by atoms with E-state index in [0.717, 1.165) is 12.1 Å². The van der Waals surface area contributed by atoms with Crippen LogP contribution in [0.4, 0.5) is 26.3 Å². The summed E-state index contributed by atoms with van der Waals surface area (Å²) in [7, 11) is -13.9. The normalized spacial score (nSPS) is 14.0. The molecule has 28 heavy (non-hydrogen) atoms. The highest BCUT2D eigenvalue weighted by Gasteiger charge is 2.63. The van der Waals surface area contributed by atoms with Gasteiger partial charge in [0.1, 0.15) is 11.3 Å². The third-order valence-electron chi connectivity index (χ3n) is 3.59. The van der Waals surface area contributed by atoms with Crippen molar-refractivity contribution in [1.82, 2.24) is 0 Å². The third-order valence-corrected chi connectivity index (χ3v) is 8.11. The molecule has 0 atom stereocenters. The van der Waals surface area contributed by atoms with E-state index in [4.69, 9.17) is 0 Å². The molecular weight excluding hydrogens is 446 g/mol. The fourth-order valence-electron chi connectivity index (χ4n) is 2.20. The summed E-state index contributed by atoms with van der Waals surface area (Å²) in [5, 5.41) is 9.65. The molecule has 0 aliphatic carbocycles. The average Bonchev–Trinajstić information content (AvgIpc) is 2.52. The van der Waals surface area contributed by atoms with Crippen molar-refractivity contribution in [3.05, 3.63) is 40.2 Å². The topological polar surface area (TPSA) is 119 Å². The second kappa shape index (κ2) is 6.65. The van der Waals surface area contributed by atoms with Crippen LogP contribution in [0, 0.1) is 0 Å². The maximum Gasteiger partial charge on any atom is 0.498 e. The van der Waals surface area contributed by atoms with E-state index in [0.29, 0.717) is 0 Å². The van der Waals surface area contributed by atoms with Gasteiger partial charge < -0.3 is 9.52 Å². The van der Waals surface area contributed by atoms with Crippen LogP contribution < -0.4 is 5.63 Å². The number of hydrogen-bond donors (Lipinski definition) is 1. The lowest BCUT2D eigenvalue weighted by Crippen LogP contribution is -2.46. The first-order valence-electron chi connectivity index (χ1n) is 6.86. The van der Waals surface area contributed by atoms with Crippen LogP contribution in [0.25, 0.3) is 11.0 Å². The Kier molecular flexibility index (Phi) is 5.22. The number of sulfone groups is 2. The second-order valence-electron chi connectivity index (χ2n) is 5.33. The highest BCUT2D eigenvalue weighted by molar-refractivity contribution is 8.09. The number of halogens is 6. The van der Waals surface area contributed by atoms with Gasteiger partial charge in [0.05, 0.1) is 10.9 Å². The fourth-order valence-corrected chi connectivity index (χ4v) is 5.56. The maximum atomic E-state index is 12.8. The Bertz CT molecular complexity index is 1130. The zero-order valence-corrected chi connectivity index (χ0v) is 14.7. The molecule has 0 spiro atoms. The molecule has 1 N–H and O–H groups in total. The summed E-state index contributed by atoms with van der Waals surface area (Å²) in [6, 6.07) is 4.75. The molecule has 0 aliphatic rings. The lowest BCUT2D eigenvalue weighted by atomic mass is 10.1. The number of benzene rings is 1. The minimum Gasteiger partial charge on any atom is -0.507 e. The molecule has 0 bridgehead atoms. The Hall–Kier alpha value is -2.29. The van der Waals surface area contributed by atoms with E-state index in [1.807, 2.05) is 0 Å². The largest absolute Gasteiger partial charge is 0.507 e. The Labute approximate surface area is 152 Å². The molecule has 0 unspecified atom stereocenters. The van der Waals surface area contributed by atoms with Crippen LogP contribution in [0.2, 0.25) is 0 Å². The van der Waals surface area contributed by atoms with Gasteiger partial charge in [0.15, 0.2) is 4.58 Å². The average molecular weight is 454 g/mol. The minimum atomic E-state index is -6.96. The SMILES string of the molecule is O=c1oc2ccccc2c(O)c1CC(S(=O)(=O)C(F)(F)F)S(=O)(=O)C(F)(F)F. The lowest BCUT2D eigenvalue weighted by Gasteiger charge is -2.21. The van der Waals surface area contributed by atoms with Crippen molar-refractivity contribution in [3.8, 4) is 5.75 Å². The monoisotopic (exact) mass is 454 g/mol. The van der Waals surface area contributed by atoms with Crippen molar-refractivity contribution in [3.63, 3.8) is 0 Å². The lowest BCUT2D eigenvalue weighted by molar-refractivity contribution is -0.0471. The van der Waals surface area contributed by atoms with Gasteiger partial charge in [-0.3, -0.25) is 0 Å². The molecule has 7 nitrogen and oxygen atoms in total. The summed E-state index contributed by atoms with van der Waals surface area (Å²) in [6.45, 7) is 0. The zero-order chi connectivity index (χ0) is 21.7. The number of alkyl halides is 6. The summed E-state index contributed by atoms with van der Waals surface area (Å²) in [4.78, 5) is 11.9. The van der Waals surface area contributed by atoms with Crippen LogP contribution in [-0.2, 0) is 26.1 Å². The molecular formula is C13H8F6O7S2. The molecule has 0 saturated carbocycles. The van der Waals surface area contributed by atoms with Gasteiger partial charge in [0.2, 0.25) is 0 Å². The van der Waals surface area contributed by atoms with E-state index in [1.165, 1.54) is 12.1 Å². The van der Waals surface area contributed by atoms with Crippen molar-refractivity contribution >= 4 is 30.6 Å². The fraction of sp³-hybridized carbons (Fsp3) is 0.308. The Morgan fingerprint density at radius 2 is 1.39 bits per heavy atom. The van der Waals surface area contributed by atoms with Crippen LogP contribution in [0.5, 0.6) is 5.75 Å². The van der Waals surface area contributed by atoms with Gasteiger partial charge in [-0.15, -0.1) is 0 Å². The van der Waals surface area contributed by atoms with E-state index in [1.54, 1.807) is 0 Å². The Morgan fingerprint density at radius 1 is 0.929 bits per heavy atom. The van der Waals surface area contributed by atoms with Crippen molar-refractivity contribution < 1.29 is 52.7 Å². The van der Waals surface area contributed by atoms with Crippen LogP contribution in [0.15, 0.2) is 33.5 Å². The number of para-hydroxylation sites is 1. The summed E-state index contributed by atoms with van der Waals surface area (Å²) in [6.07, 6.45) is -2.14. The molecule has 0 radical (unpaired) electrons. The van der Waals surface area contributed by atoms with Gasteiger partial charge in [0.25, 0.3) is 19.7 Å². The molecule has 1 aromatic carbocycles. The van der Waals surface area contributed by atoms with Crippen molar-refractivity contribution in [2.45, 2.75) is 22.0 Å². The number of fused-ring (bicyclic) bond motifs is 1. The minimum absolute atomic E-state index is 0.317. The van der Waals surface area contributed by atoms with Crippen molar-refractivity contribution in [2.24, 2.45) is 0 Å². The molecule has 1 aromatic heterocycles. The van der Waals surface area contributed by atoms with E-state index in [-0.39, 0.29) is 11.0 Å². The standard InChI is InChI=1S/C13H8F6O7S2/c14-12(15,16)27(22,23)9(28(24,25)13(17,18)19)5-7-10(20)6-3-1-2-4-8(6)26-11(7)21/h1-4,9,20H,5H2. The molecule has 2 rings (SSSR count). The maximum absolute atomic E-state index is 12.8. The first-order chi connectivity index (χ1) is 12.5. The number of aromatic hydroxyl groups is 1. The van der Waals surface area contributed by atoms with Crippen LogP contribution in [0.3, 0.4) is 0 Å². The smallest absolute Gasteiger partial charge is 0.498 e. The predicted octanol–water partition coefficient (Wildman–Crippen LogP) is 2.24.